The van der Waals surface area contributed by atoms with Crippen LogP contribution in [0, 0.1) is 12.7 Å². The number of nitrogens with zero attached hydrogens (tertiary/aromatic N) is 1. The number of rotatable bonds is 8. The number of ether oxygens (including phenoxy) is 2. The number of methoxy groups -OCH3 is 1. The van der Waals surface area contributed by atoms with Crippen LogP contribution in [0.3, 0.4) is 0 Å². The number of carbonyl (C=O) groups excluding carboxylic acids is 1. The number of nitrogens with two attached hydrogens (primary N) is 1. The van der Waals surface area contributed by atoms with E-state index in [0.29, 0.717) is 17.9 Å². The summed E-state index contributed by atoms with van der Waals surface area (Å²) in [5.74, 6) is 0.284. The SMILES string of the molecule is COc1ccc(/C=C\C(=O)O/N=C(\N)c2ccc(F)cc2)cc1COc1ccc(C)cc1. The van der Waals surface area contributed by atoms with Gasteiger partial charge in [-0.1, -0.05) is 28.9 Å². The van der Waals surface area contributed by atoms with Crippen molar-refractivity contribution in [3.8, 4) is 11.5 Å². The molecular formula is C25H23FN2O4. The van der Waals surface area contributed by atoms with Crippen LogP contribution in [0.1, 0.15) is 22.3 Å². The molecule has 3 aromatic rings. The molecule has 0 aliphatic heterocycles. The van der Waals surface area contributed by atoms with Crippen molar-refractivity contribution in [3.63, 3.8) is 0 Å². The summed E-state index contributed by atoms with van der Waals surface area (Å²) in [6.45, 7) is 2.31. The lowest BCUT2D eigenvalue weighted by atomic mass is 10.1. The van der Waals surface area contributed by atoms with E-state index in [0.717, 1.165) is 22.4 Å². The summed E-state index contributed by atoms with van der Waals surface area (Å²) in [5, 5.41) is 3.58. The van der Waals surface area contributed by atoms with Crippen LogP contribution in [0.5, 0.6) is 11.5 Å². The topological polar surface area (TPSA) is 83.1 Å². The van der Waals surface area contributed by atoms with Gasteiger partial charge in [0.2, 0.25) is 0 Å². The fraction of sp³-hybridized carbons (Fsp3) is 0.120. The lowest BCUT2D eigenvalue weighted by molar-refractivity contribution is -0.137. The molecule has 0 aliphatic rings. The Kier molecular flexibility index (Phi) is 7.59. The van der Waals surface area contributed by atoms with E-state index in [1.165, 1.54) is 30.3 Å². The molecule has 0 spiro atoms. The first kappa shape index (κ1) is 22.6. The van der Waals surface area contributed by atoms with E-state index in [2.05, 4.69) is 5.16 Å². The molecule has 0 bridgehead atoms. The second-order valence-electron chi connectivity index (χ2n) is 6.90. The largest absolute Gasteiger partial charge is 0.496 e. The first-order valence-corrected chi connectivity index (χ1v) is 9.79. The minimum atomic E-state index is -0.705. The Morgan fingerprint density at radius 2 is 1.78 bits per heavy atom. The number of hydrogen-bond donors (Lipinski definition) is 1. The highest BCUT2D eigenvalue weighted by molar-refractivity contribution is 5.97. The second-order valence-corrected chi connectivity index (χ2v) is 6.90. The summed E-state index contributed by atoms with van der Waals surface area (Å²) >= 11 is 0. The van der Waals surface area contributed by atoms with Crippen molar-refractivity contribution < 1.29 is 23.5 Å². The highest BCUT2D eigenvalue weighted by atomic mass is 19.1. The minimum absolute atomic E-state index is 0.0354. The number of amidine groups is 1. The lowest BCUT2D eigenvalue weighted by Gasteiger charge is -2.11. The summed E-state index contributed by atoms with van der Waals surface area (Å²) in [7, 11) is 1.58. The van der Waals surface area contributed by atoms with Crippen LogP contribution < -0.4 is 15.2 Å². The van der Waals surface area contributed by atoms with Gasteiger partial charge in [0.25, 0.3) is 0 Å². The van der Waals surface area contributed by atoms with E-state index in [1.807, 2.05) is 37.3 Å². The second kappa shape index (κ2) is 10.8. The molecule has 3 aromatic carbocycles. The molecule has 2 N–H and O–H groups in total. The molecule has 0 aliphatic carbocycles. The zero-order valence-electron chi connectivity index (χ0n) is 17.7. The van der Waals surface area contributed by atoms with E-state index in [1.54, 1.807) is 25.3 Å². The molecule has 0 saturated carbocycles. The number of carbonyl (C=O) groups is 1. The van der Waals surface area contributed by atoms with E-state index >= 15 is 0 Å². The van der Waals surface area contributed by atoms with E-state index in [-0.39, 0.29) is 5.84 Å². The average Bonchev–Trinajstić information content (AvgIpc) is 2.81. The van der Waals surface area contributed by atoms with Gasteiger partial charge in [-0.05, 0) is 67.1 Å². The van der Waals surface area contributed by atoms with Crippen molar-refractivity contribution in [1.29, 1.82) is 0 Å². The van der Waals surface area contributed by atoms with Gasteiger partial charge in [0.05, 0.1) is 7.11 Å². The number of hydrogen-bond acceptors (Lipinski definition) is 5. The molecule has 0 heterocycles. The minimum Gasteiger partial charge on any atom is -0.496 e. The fourth-order valence-electron chi connectivity index (χ4n) is 2.77. The van der Waals surface area contributed by atoms with Crippen LogP contribution in [0.2, 0.25) is 0 Å². The molecule has 0 aromatic heterocycles. The van der Waals surface area contributed by atoms with Crippen molar-refractivity contribution in [2.24, 2.45) is 10.9 Å². The van der Waals surface area contributed by atoms with Gasteiger partial charge in [0, 0.05) is 17.2 Å². The van der Waals surface area contributed by atoms with Crippen LogP contribution in [-0.4, -0.2) is 18.9 Å². The average molecular weight is 434 g/mol. The Hall–Kier alpha value is -4.13. The Balaban J connectivity index is 1.63. The summed E-state index contributed by atoms with van der Waals surface area (Å²) in [5.41, 5.74) is 8.90. The summed E-state index contributed by atoms with van der Waals surface area (Å²) in [6.07, 6.45) is 2.81. The number of oxime groups is 1. The van der Waals surface area contributed by atoms with Gasteiger partial charge in [0.1, 0.15) is 23.9 Å². The van der Waals surface area contributed by atoms with Crippen LogP contribution in [-0.2, 0) is 16.2 Å². The quantitative estimate of drug-likeness (QED) is 0.184. The van der Waals surface area contributed by atoms with Gasteiger partial charge < -0.3 is 20.0 Å². The van der Waals surface area contributed by atoms with Gasteiger partial charge in [-0.25, -0.2) is 9.18 Å². The van der Waals surface area contributed by atoms with Crippen LogP contribution in [0.15, 0.2) is 78.0 Å². The third-order valence-corrected chi connectivity index (χ3v) is 4.51. The highest BCUT2D eigenvalue weighted by Gasteiger charge is 2.06. The summed E-state index contributed by atoms with van der Waals surface area (Å²) < 4.78 is 24.2. The molecule has 32 heavy (non-hydrogen) atoms. The molecule has 7 heteroatoms. The Bertz CT molecular complexity index is 1120. The summed E-state index contributed by atoms with van der Waals surface area (Å²) in [4.78, 5) is 16.8. The number of aryl methyl sites for hydroxylation is 1. The van der Waals surface area contributed by atoms with Crippen molar-refractivity contribution in [3.05, 3.63) is 101 Å². The van der Waals surface area contributed by atoms with Gasteiger partial charge in [-0.3, -0.25) is 0 Å². The summed E-state index contributed by atoms with van der Waals surface area (Å²) in [6, 6.07) is 18.6. The molecule has 0 saturated heterocycles. The van der Waals surface area contributed by atoms with Gasteiger partial charge in [-0.2, -0.15) is 0 Å². The maximum atomic E-state index is 13.0. The predicted octanol–water partition coefficient (Wildman–Crippen LogP) is 4.60. The molecule has 6 nitrogen and oxygen atoms in total. The third kappa shape index (κ3) is 6.43. The van der Waals surface area contributed by atoms with E-state index in [9.17, 15) is 9.18 Å². The molecule has 0 amide bonds. The molecule has 0 unspecified atom stereocenters. The van der Waals surface area contributed by atoms with Crippen LogP contribution in [0.4, 0.5) is 4.39 Å². The zero-order valence-corrected chi connectivity index (χ0v) is 17.7. The van der Waals surface area contributed by atoms with Gasteiger partial charge in [-0.15, -0.1) is 0 Å². The Morgan fingerprint density at radius 1 is 1.06 bits per heavy atom. The van der Waals surface area contributed by atoms with Crippen molar-refractivity contribution in [2.75, 3.05) is 7.11 Å². The Labute approximate surface area is 185 Å². The Morgan fingerprint density at radius 3 is 2.47 bits per heavy atom. The maximum Gasteiger partial charge on any atom is 0.358 e. The molecular weight excluding hydrogens is 411 g/mol. The first-order valence-electron chi connectivity index (χ1n) is 9.79. The molecule has 0 radical (unpaired) electrons. The predicted molar refractivity (Wildman–Crippen MR) is 121 cm³/mol. The smallest absolute Gasteiger partial charge is 0.358 e. The van der Waals surface area contributed by atoms with Crippen LogP contribution >= 0.6 is 0 Å². The first-order chi connectivity index (χ1) is 15.4. The molecule has 164 valence electrons. The molecule has 3 rings (SSSR count). The van der Waals surface area contributed by atoms with Crippen molar-refractivity contribution in [1.82, 2.24) is 0 Å². The van der Waals surface area contributed by atoms with Crippen LogP contribution in [0.25, 0.3) is 6.08 Å². The van der Waals surface area contributed by atoms with E-state index < -0.39 is 11.8 Å². The highest BCUT2D eigenvalue weighted by Crippen LogP contribution is 2.23. The number of benzene rings is 3. The lowest BCUT2D eigenvalue weighted by Crippen LogP contribution is -2.14. The third-order valence-electron chi connectivity index (χ3n) is 4.51. The molecule has 0 fully saturated rings. The number of halogens is 1. The fourth-order valence-corrected chi connectivity index (χ4v) is 2.77. The van der Waals surface area contributed by atoms with Crippen molar-refractivity contribution in [2.45, 2.75) is 13.5 Å². The monoisotopic (exact) mass is 434 g/mol. The van der Waals surface area contributed by atoms with Crippen molar-refractivity contribution >= 4 is 17.9 Å². The zero-order chi connectivity index (χ0) is 22.9. The molecule has 0 atom stereocenters. The van der Waals surface area contributed by atoms with E-state index in [4.69, 9.17) is 20.0 Å². The van der Waals surface area contributed by atoms with Gasteiger partial charge >= 0.3 is 5.97 Å². The normalized spacial score (nSPS) is 11.4. The standard InChI is InChI=1S/C25H23FN2O4/c1-17-3-11-22(12-4-17)31-16-20-15-18(5-13-23(20)30-2)6-14-24(29)32-28-25(27)19-7-9-21(26)10-8-19/h3-15H,16H2,1-2H3,(H2,27,28)/b14-6-. The maximum absolute atomic E-state index is 13.0. The van der Waals surface area contributed by atoms with Gasteiger partial charge in [0.15, 0.2) is 5.84 Å².